The van der Waals surface area contributed by atoms with Gasteiger partial charge in [-0.3, -0.25) is 4.79 Å². The van der Waals surface area contributed by atoms with Crippen molar-refractivity contribution in [2.75, 3.05) is 4.90 Å². The molecule has 1 aromatic rings. The minimum Gasteiger partial charge on any atom is -0.302 e. The number of amides is 1. The summed E-state index contributed by atoms with van der Waals surface area (Å²) in [6.07, 6.45) is 1.41. The van der Waals surface area contributed by atoms with Crippen LogP contribution in [-0.4, -0.2) is 18.2 Å². The van der Waals surface area contributed by atoms with E-state index in [0.717, 1.165) is 6.07 Å². The molecule has 1 amide bonds. The van der Waals surface area contributed by atoms with Gasteiger partial charge in [-0.2, -0.15) is 5.26 Å². The number of carbonyl (C=O) groups excluding carboxylic acids is 2. The molecule has 2 rings (SSSR count). The average Bonchev–Trinajstić information content (AvgIpc) is 2.70. The molecular weight excluding hydrogens is 223 g/mol. The van der Waals surface area contributed by atoms with Crippen LogP contribution in [0.3, 0.4) is 0 Å². The third kappa shape index (κ3) is 1.89. The summed E-state index contributed by atoms with van der Waals surface area (Å²) in [4.78, 5) is 23.7. The van der Waals surface area contributed by atoms with Crippen LogP contribution in [0.4, 0.5) is 10.1 Å². The van der Waals surface area contributed by atoms with Crippen molar-refractivity contribution in [2.24, 2.45) is 0 Å². The third-order valence-electron chi connectivity index (χ3n) is 2.76. The van der Waals surface area contributed by atoms with Gasteiger partial charge in [0.05, 0.1) is 11.6 Å². The normalized spacial score (nSPS) is 19.2. The molecule has 1 aromatic carbocycles. The molecule has 1 atom stereocenters. The van der Waals surface area contributed by atoms with Gasteiger partial charge < -0.3 is 9.69 Å². The van der Waals surface area contributed by atoms with Gasteiger partial charge in [-0.15, -0.1) is 0 Å². The molecule has 0 bridgehead atoms. The van der Waals surface area contributed by atoms with Gasteiger partial charge in [0.2, 0.25) is 5.91 Å². The molecule has 1 fully saturated rings. The van der Waals surface area contributed by atoms with Crippen LogP contribution in [-0.2, 0) is 9.59 Å². The molecule has 1 saturated heterocycles. The van der Waals surface area contributed by atoms with Gasteiger partial charge in [-0.25, -0.2) is 4.39 Å². The maximum Gasteiger partial charge on any atom is 0.227 e. The van der Waals surface area contributed by atoms with E-state index < -0.39 is 11.9 Å². The lowest BCUT2D eigenvalue weighted by atomic mass is 10.2. The first kappa shape index (κ1) is 11.3. The number of hydrogen-bond acceptors (Lipinski definition) is 3. The first-order valence-corrected chi connectivity index (χ1v) is 5.14. The minimum absolute atomic E-state index is 0.0805. The lowest BCUT2D eigenvalue weighted by molar-refractivity contribution is -0.118. The predicted molar refractivity (Wildman–Crippen MR) is 57.7 cm³/mol. The molecule has 1 unspecified atom stereocenters. The van der Waals surface area contributed by atoms with Crippen LogP contribution in [0.15, 0.2) is 18.2 Å². The monoisotopic (exact) mass is 232 g/mol. The first-order chi connectivity index (χ1) is 8.17. The number of nitriles is 1. The Labute approximate surface area is 97.3 Å². The van der Waals surface area contributed by atoms with Gasteiger partial charge in [-0.1, -0.05) is 0 Å². The standard InChI is InChI=1S/C12H9FN2O2/c13-11-5-9(2-1-8(11)6-14)15-10(7-16)3-4-12(15)17/h1-2,5,7,10H,3-4H2. The topological polar surface area (TPSA) is 61.2 Å². The molecule has 0 N–H and O–H groups in total. The second-order valence-corrected chi connectivity index (χ2v) is 3.78. The zero-order valence-corrected chi connectivity index (χ0v) is 8.89. The quantitative estimate of drug-likeness (QED) is 0.724. The summed E-state index contributed by atoms with van der Waals surface area (Å²) in [5.41, 5.74) is 0.240. The Morgan fingerprint density at radius 2 is 2.29 bits per heavy atom. The molecule has 0 spiro atoms. The van der Waals surface area contributed by atoms with Crippen molar-refractivity contribution in [2.45, 2.75) is 18.9 Å². The summed E-state index contributed by atoms with van der Waals surface area (Å²) in [6.45, 7) is 0. The van der Waals surface area contributed by atoms with E-state index in [-0.39, 0.29) is 17.9 Å². The fraction of sp³-hybridized carbons (Fsp3) is 0.250. The number of aldehydes is 1. The van der Waals surface area contributed by atoms with E-state index in [9.17, 15) is 14.0 Å². The highest BCUT2D eigenvalue weighted by atomic mass is 19.1. The zero-order valence-electron chi connectivity index (χ0n) is 8.89. The Balaban J connectivity index is 2.40. The van der Waals surface area contributed by atoms with Crippen molar-refractivity contribution in [1.29, 1.82) is 5.26 Å². The molecule has 0 radical (unpaired) electrons. The lowest BCUT2D eigenvalue weighted by Crippen LogP contribution is -2.33. The number of benzene rings is 1. The van der Waals surface area contributed by atoms with Crippen LogP contribution in [0.5, 0.6) is 0 Å². The summed E-state index contributed by atoms with van der Waals surface area (Å²) in [6, 6.07) is 5.06. The molecule has 17 heavy (non-hydrogen) atoms. The molecule has 1 aliphatic rings. The highest BCUT2D eigenvalue weighted by Gasteiger charge is 2.32. The van der Waals surface area contributed by atoms with Gasteiger partial charge >= 0.3 is 0 Å². The molecule has 0 aliphatic carbocycles. The van der Waals surface area contributed by atoms with Crippen molar-refractivity contribution >= 4 is 17.9 Å². The number of nitrogens with zero attached hydrogens (tertiary/aromatic N) is 2. The van der Waals surface area contributed by atoms with Crippen LogP contribution < -0.4 is 4.90 Å². The zero-order chi connectivity index (χ0) is 12.4. The summed E-state index contributed by atoms with van der Waals surface area (Å²) < 4.78 is 13.4. The minimum atomic E-state index is -0.686. The smallest absolute Gasteiger partial charge is 0.227 e. The maximum atomic E-state index is 13.4. The molecule has 4 nitrogen and oxygen atoms in total. The largest absolute Gasteiger partial charge is 0.302 e. The Kier molecular flexibility index (Phi) is 2.88. The van der Waals surface area contributed by atoms with Crippen LogP contribution in [0.2, 0.25) is 0 Å². The number of anilines is 1. The van der Waals surface area contributed by atoms with E-state index in [1.54, 1.807) is 6.07 Å². The van der Waals surface area contributed by atoms with Gasteiger partial charge in [0.1, 0.15) is 18.2 Å². The molecule has 1 aliphatic heterocycles. The summed E-state index contributed by atoms with van der Waals surface area (Å²) in [5, 5.41) is 8.60. The lowest BCUT2D eigenvalue weighted by Gasteiger charge is -2.20. The van der Waals surface area contributed by atoms with Crippen LogP contribution in [0.25, 0.3) is 0 Å². The number of rotatable bonds is 2. The van der Waals surface area contributed by atoms with E-state index in [4.69, 9.17) is 5.26 Å². The Morgan fingerprint density at radius 1 is 1.53 bits per heavy atom. The second-order valence-electron chi connectivity index (χ2n) is 3.78. The summed E-state index contributed by atoms with van der Waals surface area (Å²) in [7, 11) is 0. The van der Waals surface area contributed by atoms with Crippen molar-refractivity contribution < 1.29 is 14.0 Å². The van der Waals surface area contributed by atoms with E-state index in [2.05, 4.69) is 0 Å². The van der Waals surface area contributed by atoms with Gasteiger partial charge in [0.15, 0.2) is 0 Å². The highest BCUT2D eigenvalue weighted by molar-refractivity contribution is 6.00. The van der Waals surface area contributed by atoms with Crippen LogP contribution in [0, 0.1) is 17.1 Å². The average molecular weight is 232 g/mol. The second kappa shape index (κ2) is 4.34. The highest BCUT2D eigenvalue weighted by Crippen LogP contribution is 2.27. The summed E-state index contributed by atoms with van der Waals surface area (Å²) in [5.74, 6) is -0.888. The fourth-order valence-electron chi connectivity index (χ4n) is 1.91. The number of hydrogen-bond donors (Lipinski definition) is 0. The fourth-order valence-corrected chi connectivity index (χ4v) is 1.91. The number of carbonyl (C=O) groups is 2. The van der Waals surface area contributed by atoms with Crippen LogP contribution in [0.1, 0.15) is 18.4 Å². The maximum absolute atomic E-state index is 13.4. The summed E-state index contributed by atoms with van der Waals surface area (Å²) >= 11 is 0. The third-order valence-corrected chi connectivity index (χ3v) is 2.76. The molecule has 1 heterocycles. The van der Waals surface area contributed by atoms with Crippen molar-refractivity contribution in [1.82, 2.24) is 0 Å². The van der Waals surface area contributed by atoms with Crippen molar-refractivity contribution in [3.05, 3.63) is 29.6 Å². The molecule has 86 valence electrons. The predicted octanol–water partition coefficient (Wildman–Crippen LogP) is 1.39. The van der Waals surface area contributed by atoms with E-state index in [1.165, 1.54) is 17.0 Å². The van der Waals surface area contributed by atoms with Crippen LogP contribution >= 0.6 is 0 Å². The van der Waals surface area contributed by atoms with E-state index in [1.807, 2.05) is 0 Å². The number of halogens is 1. The molecule has 5 heteroatoms. The molecule has 0 aromatic heterocycles. The van der Waals surface area contributed by atoms with Gasteiger partial charge in [0, 0.05) is 12.1 Å². The van der Waals surface area contributed by atoms with E-state index in [0.29, 0.717) is 18.4 Å². The van der Waals surface area contributed by atoms with Crippen molar-refractivity contribution in [3.63, 3.8) is 0 Å². The van der Waals surface area contributed by atoms with Gasteiger partial charge in [-0.05, 0) is 24.6 Å². The Bertz CT molecular complexity index is 522. The Hall–Kier alpha value is -2.22. The Morgan fingerprint density at radius 3 is 2.88 bits per heavy atom. The molecular formula is C12H9FN2O2. The van der Waals surface area contributed by atoms with Gasteiger partial charge in [0.25, 0.3) is 0 Å². The van der Waals surface area contributed by atoms with E-state index >= 15 is 0 Å². The first-order valence-electron chi connectivity index (χ1n) is 5.14. The molecule has 0 saturated carbocycles. The van der Waals surface area contributed by atoms with Crippen molar-refractivity contribution in [3.8, 4) is 6.07 Å². The SMILES string of the molecule is N#Cc1ccc(N2C(=O)CCC2C=O)cc1F.